The number of halogens is 1. The van der Waals surface area contributed by atoms with Gasteiger partial charge in [0.05, 0.1) is 16.8 Å². The maximum atomic E-state index is 6.29. The van der Waals surface area contributed by atoms with E-state index in [1.165, 1.54) is 11.1 Å². The molecule has 1 aromatic heterocycles. The number of hydrogen-bond acceptors (Lipinski definition) is 5. The minimum absolute atomic E-state index is 0.0451. The van der Waals surface area contributed by atoms with Gasteiger partial charge in [0.15, 0.2) is 5.66 Å². The summed E-state index contributed by atoms with van der Waals surface area (Å²) >= 11 is 6.19. The van der Waals surface area contributed by atoms with E-state index in [4.69, 9.17) is 32.1 Å². The molecular formula is C24H27ClN4O. The van der Waals surface area contributed by atoms with Crippen LogP contribution < -0.4 is 5.73 Å². The van der Waals surface area contributed by atoms with Crippen molar-refractivity contribution in [1.82, 2.24) is 4.98 Å². The summed E-state index contributed by atoms with van der Waals surface area (Å²) in [6, 6.07) is 8.56. The van der Waals surface area contributed by atoms with Crippen molar-refractivity contribution >= 4 is 23.1 Å². The van der Waals surface area contributed by atoms with Crippen LogP contribution in [0.15, 0.2) is 46.6 Å². The molecule has 2 spiro atoms. The molecule has 1 unspecified atom stereocenters. The first-order valence-corrected chi connectivity index (χ1v) is 11.1. The van der Waals surface area contributed by atoms with Gasteiger partial charge in [-0.1, -0.05) is 23.7 Å². The zero-order valence-corrected chi connectivity index (χ0v) is 18.2. The fraction of sp³-hybridized carbons (Fsp3) is 0.458. The van der Waals surface area contributed by atoms with Crippen LogP contribution in [0.4, 0.5) is 0 Å². The standard InChI is InChI=1S/C24H27ClN4O/c1-3-30-20-6-8-23(9-7-20)12-17-5-4-16(18-10-19(25)14-27-13-18)11-21(17)24(23)28-15(2)22(26)29-24/h4-5,10-11,13-14,20H,3,6-9,12H2,1-2H3,(H2,26,29)/t20-,23-,24?. The number of aromatic nitrogens is 1. The summed E-state index contributed by atoms with van der Waals surface area (Å²) in [5, 5.41) is 0.630. The van der Waals surface area contributed by atoms with Gasteiger partial charge in [0, 0.05) is 35.5 Å². The summed E-state index contributed by atoms with van der Waals surface area (Å²) in [6.07, 6.45) is 8.96. The van der Waals surface area contributed by atoms with Gasteiger partial charge in [-0.15, -0.1) is 0 Å². The van der Waals surface area contributed by atoms with Crippen LogP contribution in [-0.2, 0) is 16.8 Å². The summed E-state index contributed by atoms with van der Waals surface area (Å²) in [4.78, 5) is 14.5. The lowest BCUT2D eigenvalue weighted by Crippen LogP contribution is -2.43. The van der Waals surface area contributed by atoms with Gasteiger partial charge < -0.3 is 10.5 Å². The maximum Gasteiger partial charge on any atom is 0.184 e. The third-order valence-corrected chi connectivity index (χ3v) is 7.27. The third-order valence-electron chi connectivity index (χ3n) is 7.07. The van der Waals surface area contributed by atoms with E-state index >= 15 is 0 Å². The molecule has 0 radical (unpaired) electrons. The Bertz CT molecular complexity index is 1030. The summed E-state index contributed by atoms with van der Waals surface area (Å²) < 4.78 is 5.93. The van der Waals surface area contributed by atoms with Crippen LogP contribution in [0.1, 0.15) is 50.7 Å². The molecule has 1 fully saturated rings. The molecule has 6 heteroatoms. The molecule has 2 aliphatic carbocycles. The highest BCUT2D eigenvalue weighted by atomic mass is 35.5. The highest BCUT2D eigenvalue weighted by molar-refractivity contribution is 6.41. The Hall–Kier alpha value is -2.24. The molecule has 0 bridgehead atoms. The van der Waals surface area contributed by atoms with Gasteiger partial charge >= 0.3 is 0 Å². The maximum absolute atomic E-state index is 6.29. The minimum atomic E-state index is -0.629. The Morgan fingerprint density at radius 1 is 1.13 bits per heavy atom. The van der Waals surface area contributed by atoms with E-state index < -0.39 is 5.66 Å². The monoisotopic (exact) mass is 422 g/mol. The summed E-state index contributed by atoms with van der Waals surface area (Å²) in [5.74, 6) is 0.559. The zero-order valence-electron chi connectivity index (χ0n) is 17.5. The lowest BCUT2D eigenvalue weighted by molar-refractivity contribution is -0.0181. The quantitative estimate of drug-likeness (QED) is 0.763. The predicted octanol–water partition coefficient (Wildman–Crippen LogP) is 4.91. The number of aliphatic imine (C=N–C) groups is 2. The van der Waals surface area contributed by atoms with Crippen molar-refractivity contribution in [3.05, 3.63) is 52.8 Å². The van der Waals surface area contributed by atoms with Crippen molar-refractivity contribution in [2.24, 2.45) is 21.1 Å². The van der Waals surface area contributed by atoms with E-state index in [1.54, 1.807) is 6.20 Å². The van der Waals surface area contributed by atoms with E-state index in [0.29, 0.717) is 17.0 Å². The third kappa shape index (κ3) is 2.90. The van der Waals surface area contributed by atoms with Crippen molar-refractivity contribution in [3.8, 4) is 11.1 Å². The molecule has 3 aliphatic rings. The van der Waals surface area contributed by atoms with E-state index in [-0.39, 0.29) is 5.41 Å². The van der Waals surface area contributed by atoms with Crippen LogP contribution in [0.5, 0.6) is 0 Å². The van der Waals surface area contributed by atoms with Crippen molar-refractivity contribution in [2.75, 3.05) is 6.61 Å². The van der Waals surface area contributed by atoms with Crippen molar-refractivity contribution in [1.29, 1.82) is 0 Å². The second kappa shape index (κ2) is 7.17. The summed E-state index contributed by atoms with van der Waals surface area (Å²) in [6.45, 7) is 4.80. The van der Waals surface area contributed by atoms with Crippen molar-refractivity contribution in [3.63, 3.8) is 0 Å². The van der Waals surface area contributed by atoms with Crippen LogP contribution >= 0.6 is 11.6 Å². The van der Waals surface area contributed by atoms with Gasteiger partial charge in [0.25, 0.3) is 0 Å². The molecule has 5 nitrogen and oxygen atoms in total. The van der Waals surface area contributed by atoms with Crippen LogP contribution in [0.25, 0.3) is 11.1 Å². The number of rotatable bonds is 3. The molecule has 1 aliphatic heterocycles. The van der Waals surface area contributed by atoms with Crippen molar-refractivity contribution < 1.29 is 4.74 Å². The molecule has 30 heavy (non-hydrogen) atoms. The van der Waals surface area contributed by atoms with Gasteiger partial charge in [-0.05, 0) is 69.2 Å². The Kier molecular flexibility index (Phi) is 4.71. The molecule has 2 N–H and O–H groups in total. The highest BCUT2D eigenvalue weighted by Crippen LogP contribution is 2.62. The van der Waals surface area contributed by atoms with Gasteiger partial charge in [-0.25, -0.2) is 4.99 Å². The predicted molar refractivity (Wildman–Crippen MR) is 121 cm³/mol. The molecule has 2 aromatic rings. The molecule has 156 valence electrons. The molecule has 0 saturated heterocycles. The lowest BCUT2D eigenvalue weighted by atomic mass is 9.65. The minimum Gasteiger partial charge on any atom is -0.382 e. The van der Waals surface area contributed by atoms with E-state index in [0.717, 1.165) is 55.5 Å². The van der Waals surface area contributed by atoms with E-state index in [9.17, 15) is 0 Å². The van der Waals surface area contributed by atoms with Gasteiger partial charge in [-0.2, -0.15) is 0 Å². The van der Waals surface area contributed by atoms with Crippen LogP contribution in [0, 0.1) is 5.41 Å². The van der Waals surface area contributed by atoms with Gasteiger partial charge in [0.1, 0.15) is 5.84 Å². The number of nitrogens with zero attached hydrogens (tertiary/aromatic N) is 3. The largest absolute Gasteiger partial charge is 0.382 e. The molecule has 1 saturated carbocycles. The molecule has 5 rings (SSSR count). The first-order valence-electron chi connectivity index (χ1n) is 10.7. The molecule has 2 heterocycles. The van der Waals surface area contributed by atoms with Crippen LogP contribution in [-0.4, -0.2) is 29.2 Å². The zero-order chi connectivity index (χ0) is 20.9. The molecule has 1 aromatic carbocycles. The fourth-order valence-corrected chi connectivity index (χ4v) is 5.76. The molecular weight excluding hydrogens is 396 g/mol. The highest BCUT2D eigenvalue weighted by Gasteiger charge is 2.60. The van der Waals surface area contributed by atoms with Gasteiger partial charge in [0.2, 0.25) is 0 Å². The second-order valence-electron chi connectivity index (χ2n) is 8.74. The smallest absolute Gasteiger partial charge is 0.184 e. The van der Waals surface area contributed by atoms with E-state index in [2.05, 4.69) is 30.1 Å². The summed E-state index contributed by atoms with van der Waals surface area (Å²) in [5.41, 5.74) is 11.0. The second-order valence-corrected chi connectivity index (χ2v) is 9.18. The SMILES string of the molecule is CCO[C@H]1CC[C@]2(CC1)Cc1ccc(-c3cncc(Cl)c3)cc1C21N=C(C)C(N)=N1. The number of amidine groups is 1. The lowest BCUT2D eigenvalue weighted by Gasteiger charge is -2.44. The van der Waals surface area contributed by atoms with Crippen molar-refractivity contribution in [2.45, 2.75) is 57.7 Å². The fourth-order valence-electron chi connectivity index (χ4n) is 5.59. The number of pyridine rings is 1. The first kappa shape index (κ1) is 19.7. The van der Waals surface area contributed by atoms with Gasteiger partial charge in [-0.3, -0.25) is 9.98 Å². The number of benzene rings is 1. The van der Waals surface area contributed by atoms with E-state index in [1.807, 2.05) is 19.2 Å². The van der Waals surface area contributed by atoms with Crippen LogP contribution in [0.3, 0.4) is 0 Å². The number of fused-ring (bicyclic) bond motifs is 3. The average Bonchev–Trinajstić information content (AvgIpc) is 3.18. The summed E-state index contributed by atoms with van der Waals surface area (Å²) in [7, 11) is 0. The normalized spacial score (nSPS) is 29.9. The number of hydrogen-bond donors (Lipinski definition) is 1. The van der Waals surface area contributed by atoms with Crippen LogP contribution in [0.2, 0.25) is 5.02 Å². The Morgan fingerprint density at radius 2 is 1.93 bits per heavy atom. The Morgan fingerprint density at radius 3 is 2.60 bits per heavy atom. The average molecular weight is 423 g/mol. The first-order chi connectivity index (χ1) is 14.5. The Labute approximate surface area is 182 Å². The topological polar surface area (TPSA) is 72.9 Å². The number of ether oxygens (including phenoxy) is 1. The Balaban J connectivity index is 1.61. The molecule has 0 amide bonds. The number of nitrogens with two attached hydrogens (primary N) is 1. The molecule has 1 atom stereocenters.